The van der Waals surface area contributed by atoms with Gasteiger partial charge >= 0.3 is 11.9 Å². The maximum Gasteiger partial charge on any atom is 0.343 e. The molecule has 0 radical (unpaired) electrons. The van der Waals surface area contributed by atoms with Gasteiger partial charge in [-0.3, -0.25) is 0 Å². The zero-order valence-corrected chi connectivity index (χ0v) is 17.0. The summed E-state index contributed by atoms with van der Waals surface area (Å²) >= 11 is 0. The summed E-state index contributed by atoms with van der Waals surface area (Å²) in [4.78, 5) is 24.3. The Balaban J connectivity index is 1.88. The van der Waals surface area contributed by atoms with E-state index in [1.807, 2.05) is 0 Å². The van der Waals surface area contributed by atoms with Crippen LogP contribution in [0, 0.1) is 0 Å². The van der Waals surface area contributed by atoms with Crippen LogP contribution >= 0.6 is 0 Å². The SMILES string of the molecule is CCCCCCOc1ccc(C(=O)Oc2cccc(C(=O)OCCOC)c2)cc1. The molecule has 0 saturated carbocycles. The summed E-state index contributed by atoms with van der Waals surface area (Å²) in [5.74, 6) is -0.0175. The summed E-state index contributed by atoms with van der Waals surface area (Å²) in [7, 11) is 1.53. The maximum absolute atomic E-state index is 12.4. The summed E-state index contributed by atoms with van der Waals surface area (Å²) in [6, 6.07) is 13.1. The summed E-state index contributed by atoms with van der Waals surface area (Å²) < 4.78 is 21.0. The molecule has 0 amide bonds. The van der Waals surface area contributed by atoms with Crippen LogP contribution in [0.2, 0.25) is 0 Å². The van der Waals surface area contributed by atoms with Crippen LogP contribution < -0.4 is 9.47 Å². The Bertz CT molecular complexity index is 769. The molecule has 0 unspecified atom stereocenters. The molecule has 0 aliphatic carbocycles. The molecule has 0 atom stereocenters. The molecule has 0 N–H and O–H groups in total. The Morgan fingerprint density at radius 3 is 2.31 bits per heavy atom. The summed E-state index contributed by atoms with van der Waals surface area (Å²) in [6.07, 6.45) is 4.57. The molecular formula is C23H28O6. The van der Waals surface area contributed by atoms with Crippen molar-refractivity contribution in [2.75, 3.05) is 26.9 Å². The molecule has 0 aromatic heterocycles. The van der Waals surface area contributed by atoms with E-state index in [4.69, 9.17) is 18.9 Å². The van der Waals surface area contributed by atoms with E-state index in [1.54, 1.807) is 42.5 Å². The Kier molecular flexibility index (Phi) is 9.72. The van der Waals surface area contributed by atoms with Gasteiger partial charge in [0.15, 0.2) is 0 Å². The lowest BCUT2D eigenvalue weighted by Crippen LogP contribution is -2.11. The Morgan fingerprint density at radius 2 is 1.59 bits per heavy atom. The number of unbranched alkanes of at least 4 members (excludes halogenated alkanes) is 3. The van der Waals surface area contributed by atoms with Gasteiger partial charge in [0.05, 0.1) is 24.3 Å². The molecule has 29 heavy (non-hydrogen) atoms. The van der Waals surface area contributed by atoms with Crippen LogP contribution in [0.1, 0.15) is 53.3 Å². The Labute approximate surface area is 171 Å². The second-order valence-corrected chi connectivity index (χ2v) is 6.48. The van der Waals surface area contributed by atoms with Gasteiger partial charge in [0.1, 0.15) is 18.1 Å². The van der Waals surface area contributed by atoms with Crippen molar-refractivity contribution in [1.82, 2.24) is 0 Å². The van der Waals surface area contributed by atoms with E-state index in [2.05, 4.69) is 6.92 Å². The molecule has 2 aromatic carbocycles. The van der Waals surface area contributed by atoms with Crippen LogP contribution in [0.15, 0.2) is 48.5 Å². The van der Waals surface area contributed by atoms with Crippen LogP contribution in [-0.2, 0) is 9.47 Å². The molecule has 0 fully saturated rings. The van der Waals surface area contributed by atoms with Gasteiger partial charge in [-0.1, -0.05) is 32.3 Å². The zero-order valence-electron chi connectivity index (χ0n) is 17.0. The van der Waals surface area contributed by atoms with Gasteiger partial charge in [0, 0.05) is 7.11 Å². The first-order valence-electron chi connectivity index (χ1n) is 9.85. The highest BCUT2D eigenvalue weighted by Crippen LogP contribution is 2.18. The smallest absolute Gasteiger partial charge is 0.343 e. The van der Waals surface area contributed by atoms with Crippen molar-refractivity contribution >= 4 is 11.9 Å². The van der Waals surface area contributed by atoms with Gasteiger partial charge in [-0.15, -0.1) is 0 Å². The zero-order chi connectivity index (χ0) is 20.9. The molecular weight excluding hydrogens is 372 g/mol. The first kappa shape index (κ1) is 22.4. The number of ether oxygens (including phenoxy) is 4. The molecule has 6 nitrogen and oxygen atoms in total. The van der Waals surface area contributed by atoms with Crippen molar-refractivity contribution in [2.24, 2.45) is 0 Å². The lowest BCUT2D eigenvalue weighted by atomic mass is 10.2. The molecule has 0 bridgehead atoms. The molecule has 0 saturated heterocycles. The Morgan fingerprint density at radius 1 is 0.793 bits per heavy atom. The molecule has 0 heterocycles. The minimum Gasteiger partial charge on any atom is -0.494 e. The highest BCUT2D eigenvalue weighted by Gasteiger charge is 2.12. The summed E-state index contributed by atoms with van der Waals surface area (Å²) in [5.41, 5.74) is 0.703. The quantitative estimate of drug-likeness (QED) is 0.293. The third-order valence-corrected chi connectivity index (χ3v) is 4.16. The first-order valence-corrected chi connectivity index (χ1v) is 9.85. The topological polar surface area (TPSA) is 71.1 Å². The molecule has 156 valence electrons. The van der Waals surface area contributed by atoms with E-state index < -0.39 is 11.9 Å². The van der Waals surface area contributed by atoms with Crippen molar-refractivity contribution in [3.8, 4) is 11.5 Å². The number of rotatable bonds is 12. The fourth-order valence-corrected chi connectivity index (χ4v) is 2.56. The van der Waals surface area contributed by atoms with Crippen molar-refractivity contribution < 1.29 is 28.5 Å². The normalized spacial score (nSPS) is 10.4. The van der Waals surface area contributed by atoms with Gasteiger partial charge in [-0.2, -0.15) is 0 Å². The van der Waals surface area contributed by atoms with Crippen LogP contribution in [0.5, 0.6) is 11.5 Å². The molecule has 0 aliphatic rings. The third kappa shape index (κ3) is 7.95. The Hall–Kier alpha value is -2.86. The fraction of sp³-hybridized carbons (Fsp3) is 0.391. The number of esters is 2. The number of benzene rings is 2. The summed E-state index contributed by atoms with van der Waals surface area (Å²) in [6.45, 7) is 3.31. The molecule has 6 heteroatoms. The van der Waals surface area contributed by atoms with Gasteiger partial charge in [0.25, 0.3) is 0 Å². The first-order chi connectivity index (χ1) is 14.1. The average molecular weight is 400 g/mol. The van der Waals surface area contributed by atoms with E-state index in [1.165, 1.54) is 26.0 Å². The minimum absolute atomic E-state index is 0.159. The number of hydrogen-bond donors (Lipinski definition) is 0. The molecule has 2 rings (SSSR count). The fourth-order valence-electron chi connectivity index (χ4n) is 2.56. The second-order valence-electron chi connectivity index (χ2n) is 6.48. The maximum atomic E-state index is 12.4. The van der Waals surface area contributed by atoms with Crippen LogP contribution in [0.3, 0.4) is 0 Å². The summed E-state index contributed by atoms with van der Waals surface area (Å²) in [5, 5.41) is 0. The number of methoxy groups -OCH3 is 1. The van der Waals surface area contributed by atoms with Gasteiger partial charge in [-0.25, -0.2) is 9.59 Å². The van der Waals surface area contributed by atoms with Crippen molar-refractivity contribution in [2.45, 2.75) is 32.6 Å². The number of hydrogen-bond acceptors (Lipinski definition) is 6. The number of carbonyl (C=O) groups is 2. The van der Waals surface area contributed by atoms with E-state index in [0.29, 0.717) is 24.3 Å². The van der Waals surface area contributed by atoms with Gasteiger partial charge < -0.3 is 18.9 Å². The van der Waals surface area contributed by atoms with Crippen LogP contribution in [-0.4, -0.2) is 38.9 Å². The lowest BCUT2D eigenvalue weighted by molar-refractivity contribution is 0.0387. The number of carbonyl (C=O) groups excluding carboxylic acids is 2. The highest BCUT2D eigenvalue weighted by molar-refractivity contribution is 5.92. The molecule has 0 aliphatic heterocycles. The highest BCUT2D eigenvalue weighted by atomic mass is 16.6. The third-order valence-electron chi connectivity index (χ3n) is 4.16. The standard InChI is InChI=1S/C23H28O6/c1-3-4-5-6-14-27-20-12-10-18(11-13-20)23(25)29-21-9-7-8-19(17-21)22(24)28-16-15-26-2/h7-13,17H,3-6,14-16H2,1-2H3. The van der Waals surface area contributed by atoms with E-state index in [9.17, 15) is 9.59 Å². The molecule has 2 aromatic rings. The van der Waals surface area contributed by atoms with Gasteiger partial charge in [-0.05, 0) is 48.9 Å². The lowest BCUT2D eigenvalue weighted by Gasteiger charge is -2.08. The largest absolute Gasteiger partial charge is 0.494 e. The van der Waals surface area contributed by atoms with E-state index in [0.717, 1.165) is 18.6 Å². The predicted octanol–water partition coefficient (Wildman–Crippen LogP) is 4.67. The monoisotopic (exact) mass is 400 g/mol. The molecule has 0 spiro atoms. The predicted molar refractivity (Wildman–Crippen MR) is 110 cm³/mol. The average Bonchev–Trinajstić information content (AvgIpc) is 2.74. The van der Waals surface area contributed by atoms with Crippen molar-refractivity contribution in [3.63, 3.8) is 0 Å². The second kappa shape index (κ2) is 12.6. The van der Waals surface area contributed by atoms with Crippen LogP contribution in [0.4, 0.5) is 0 Å². The van der Waals surface area contributed by atoms with Crippen LogP contribution in [0.25, 0.3) is 0 Å². The van der Waals surface area contributed by atoms with Gasteiger partial charge in [0.2, 0.25) is 0 Å². The van der Waals surface area contributed by atoms with E-state index in [-0.39, 0.29) is 12.4 Å². The van der Waals surface area contributed by atoms with Crippen molar-refractivity contribution in [1.29, 1.82) is 0 Å². The van der Waals surface area contributed by atoms with Crippen molar-refractivity contribution in [3.05, 3.63) is 59.7 Å². The van der Waals surface area contributed by atoms with E-state index >= 15 is 0 Å². The minimum atomic E-state index is -0.510.